The van der Waals surface area contributed by atoms with Gasteiger partial charge in [0.05, 0.1) is 0 Å². The van der Waals surface area contributed by atoms with Crippen molar-refractivity contribution in [2.45, 2.75) is 6.42 Å². The van der Waals surface area contributed by atoms with Gasteiger partial charge in [-0.05, 0) is 23.3 Å². The largest absolute Gasteiger partial charge is 0.305 e. The third kappa shape index (κ3) is 1.43. The maximum atomic E-state index is 10.5. The van der Waals surface area contributed by atoms with Crippen LogP contribution in [0.1, 0.15) is 21.5 Å². The molecule has 2 rings (SSSR count). The highest BCUT2D eigenvalue weighted by Gasteiger charge is 2.07. The highest BCUT2D eigenvalue weighted by atomic mass is 16.1. The zero-order valence-corrected chi connectivity index (χ0v) is 7.08. The van der Waals surface area contributed by atoms with Gasteiger partial charge < -0.3 is 5.41 Å². The molecule has 0 aromatic heterocycles. The topological polar surface area (TPSA) is 40.9 Å². The predicted octanol–water partition coefficient (Wildman–Crippen LogP) is 2.09. The second-order valence-corrected chi connectivity index (χ2v) is 3.11. The van der Waals surface area contributed by atoms with Crippen molar-refractivity contribution in [1.29, 1.82) is 5.41 Å². The fraction of sp³-hybridized carbons (Fsp3) is 0.0909. The van der Waals surface area contributed by atoms with Gasteiger partial charge in [0, 0.05) is 17.7 Å². The van der Waals surface area contributed by atoms with Crippen LogP contribution in [0.2, 0.25) is 0 Å². The fourth-order valence-corrected chi connectivity index (χ4v) is 1.46. The predicted molar refractivity (Wildman–Crippen MR) is 52.3 cm³/mol. The Morgan fingerprint density at radius 3 is 2.92 bits per heavy atom. The lowest BCUT2D eigenvalue weighted by Crippen LogP contribution is -2.04. The van der Waals surface area contributed by atoms with Crippen LogP contribution in [0.15, 0.2) is 24.3 Å². The van der Waals surface area contributed by atoms with Crippen molar-refractivity contribution in [3.8, 4) is 0 Å². The Morgan fingerprint density at radius 1 is 1.31 bits per heavy atom. The van der Waals surface area contributed by atoms with Crippen molar-refractivity contribution in [2.24, 2.45) is 0 Å². The van der Waals surface area contributed by atoms with Gasteiger partial charge in [-0.2, -0.15) is 0 Å². The number of allylic oxidation sites excluding steroid dienone is 1. The summed E-state index contributed by atoms with van der Waals surface area (Å²) in [6.45, 7) is 0. The quantitative estimate of drug-likeness (QED) is 0.646. The Kier molecular flexibility index (Phi) is 1.81. The number of carbonyl (C=O) groups excluding carboxylic acids is 1. The molecule has 0 amide bonds. The lowest BCUT2D eigenvalue weighted by atomic mass is 9.95. The zero-order chi connectivity index (χ0) is 9.26. The molecule has 0 saturated heterocycles. The van der Waals surface area contributed by atoms with Crippen LogP contribution in [0.4, 0.5) is 0 Å². The molecule has 1 aromatic carbocycles. The third-order valence-corrected chi connectivity index (χ3v) is 2.15. The highest BCUT2D eigenvalue weighted by molar-refractivity contribution is 6.00. The third-order valence-electron chi connectivity index (χ3n) is 2.15. The van der Waals surface area contributed by atoms with Crippen molar-refractivity contribution in [2.75, 3.05) is 0 Å². The summed E-state index contributed by atoms with van der Waals surface area (Å²) in [5.41, 5.74) is 3.49. The van der Waals surface area contributed by atoms with Gasteiger partial charge in [0.2, 0.25) is 0 Å². The van der Waals surface area contributed by atoms with Crippen molar-refractivity contribution in [3.05, 3.63) is 41.0 Å². The molecule has 2 nitrogen and oxygen atoms in total. The Balaban J connectivity index is 2.51. The average Bonchev–Trinajstić information content (AvgIpc) is 2.17. The van der Waals surface area contributed by atoms with Crippen LogP contribution in [0.3, 0.4) is 0 Å². The molecule has 0 saturated carbocycles. The lowest BCUT2D eigenvalue weighted by molar-refractivity contribution is 0.112. The zero-order valence-electron chi connectivity index (χ0n) is 7.08. The van der Waals surface area contributed by atoms with Gasteiger partial charge in [0.15, 0.2) is 0 Å². The maximum Gasteiger partial charge on any atom is 0.150 e. The van der Waals surface area contributed by atoms with E-state index in [2.05, 4.69) is 0 Å². The molecule has 64 valence electrons. The minimum Gasteiger partial charge on any atom is -0.305 e. The molecule has 0 spiro atoms. The SMILES string of the molecule is N=C1C=Cc2cc(C=O)ccc2C1. The summed E-state index contributed by atoms with van der Waals surface area (Å²) >= 11 is 0. The standard InChI is InChI=1S/C11H9NO/c12-11-4-3-9-5-8(7-13)1-2-10(9)6-11/h1-5,7,12H,6H2. The van der Waals surface area contributed by atoms with Crippen LogP contribution in [0.5, 0.6) is 0 Å². The summed E-state index contributed by atoms with van der Waals surface area (Å²) in [6, 6.07) is 5.56. The molecular weight excluding hydrogens is 162 g/mol. The van der Waals surface area contributed by atoms with E-state index in [9.17, 15) is 4.79 Å². The first-order valence-electron chi connectivity index (χ1n) is 4.13. The van der Waals surface area contributed by atoms with E-state index in [1.807, 2.05) is 18.2 Å². The van der Waals surface area contributed by atoms with Gasteiger partial charge in [-0.3, -0.25) is 4.79 Å². The van der Waals surface area contributed by atoms with Gasteiger partial charge >= 0.3 is 0 Å². The fourth-order valence-electron chi connectivity index (χ4n) is 1.46. The molecule has 1 N–H and O–H groups in total. The molecular formula is C11H9NO. The molecule has 1 aliphatic carbocycles. The van der Waals surface area contributed by atoms with Gasteiger partial charge in [-0.1, -0.05) is 18.2 Å². The van der Waals surface area contributed by atoms with E-state index in [0.29, 0.717) is 17.7 Å². The summed E-state index contributed by atoms with van der Waals surface area (Å²) in [5, 5.41) is 7.46. The molecule has 0 unspecified atom stereocenters. The van der Waals surface area contributed by atoms with Crippen molar-refractivity contribution >= 4 is 18.1 Å². The number of hydrogen-bond acceptors (Lipinski definition) is 2. The molecule has 0 atom stereocenters. The van der Waals surface area contributed by atoms with Gasteiger partial charge in [0.1, 0.15) is 6.29 Å². The van der Waals surface area contributed by atoms with Crippen LogP contribution in [0, 0.1) is 5.41 Å². The Hall–Kier alpha value is -1.70. The van der Waals surface area contributed by atoms with E-state index in [-0.39, 0.29) is 0 Å². The van der Waals surface area contributed by atoms with Crippen molar-refractivity contribution in [3.63, 3.8) is 0 Å². The van der Waals surface area contributed by atoms with E-state index in [1.165, 1.54) is 0 Å². The van der Waals surface area contributed by atoms with Crippen molar-refractivity contribution < 1.29 is 4.79 Å². The minimum atomic E-state index is 0.617. The van der Waals surface area contributed by atoms with E-state index in [0.717, 1.165) is 17.4 Å². The van der Waals surface area contributed by atoms with Crippen molar-refractivity contribution in [1.82, 2.24) is 0 Å². The van der Waals surface area contributed by atoms with Gasteiger partial charge in [-0.15, -0.1) is 0 Å². The minimum absolute atomic E-state index is 0.617. The van der Waals surface area contributed by atoms with E-state index < -0.39 is 0 Å². The monoisotopic (exact) mass is 171 g/mol. The van der Waals surface area contributed by atoms with E-state index in [1.54, 1.807) is 12.1 Å². The molecule has 0 fully saturated rings. The second kappa shape index (κ2) is 2.98. The lowest BCUT2D eigenvalue weighted by Gasteiger charge is -2.10. The molecule has 1 aliphatic rings. The smallest absolute Gasteiger partial charge is 0.150 e. The van der Waals surface area contributed by atoms with E-state index >= 15 is 0 Å². The first kappa shape index (κ1) is 7.92. The molecule has 13 heavy (non-hydrogen) atoms. The first-order valence-corrected chi connectivity index (χ1v) is 4.13. The summed E-state index contributed by atoms with van der Waals surface area (Å²) in [6.07, 6.45) is 5.17. The Labute approximate surface area is 76.4 Å². The van der Waals surface area contributed by atoms with Gasteiger partial charge in [-0.25, -0.2) is 0 Å². The summed E-state index contributed by atoms with van der Waals surface area (Å²) in [4.78, 5) is 10.5. The summed E-state index contributed by atoms with van der Waals surface area (Å²) < 4.78 is 0. The van der Waals surface area contributed by atoms with Crippen LogP contribution in [-0.4, -0.2) is 12.0 Å². The molecule has 0 aliphatic heterocycles. The summed E-state index contributed by atoms with van der Waals surface area (Å²) in [5.74, 6) is 0. The molecule has 0 bridgehead atoms. The Morgan fingerprint density at radius 2 is 2.15 bits per heavy atom. The second-order valence-electron chi connectivity index (χ2n) is 3.11. The number of benzene rings is 1. The number of fused-ring (bicyclic) bond motifs is 1. The molecule has 2 heteroatoms. The molecule has 0 radical (unpaired) electrons. The van der Waals surface area contributed by atoms with Crippen LogP contribution in [0.25, 0.3) is 6.08 Å². The average molecular weight is 171 g/mol. The number of hydrogen-bond donors (Lipinski definition) is 1. The number of rotatable bonds is 1. The maximum absolute atomic E-state index is 10.5. The van der Waals surface area contributed by atoms with Crippen LogP contribution >= 0.6 is 0 Å². The summed E-state index contributed by atoms with van der Waals surface area (Å²) in [7, 11) is 0. The number of aldehydes is 1. The highest BCUT2D eigenvalue weighted by Crippen LogP contribution is 2.18. The number of carbonyl (C=O) groups is 1. The first-order chi connectivity index (χ1) is 6.29. The van der Waals surface area contributed by atoms with Crippen LogP contribution < -0.4 is 0 Å². The Bertz CT molecular complexity index is 405. The molecule has 1 aromatic rings. The normalized spacial score (nSPS) is 14.0. The number of nitrogens with one attached hydrogen (secondary N) is 1. The molecule has 0 heterocycles. The van der Waals surface area contributed by atoms with Crippen LogP contribution in [-0.2, 0) is 6.42 Å². The van der Waals surface area contributed by atoms with E-state index in [4.69, 9.17) is 5.41 Å². The van der Waals surface area contributed by atoms with Gasteiger partial charge in [0.25, 0.3) is 0 Å².